The number of nitrogens with one attached hydrogen (secondary N) is 1. The van der Waals surface area contributed by atoms with E-state index in [1.54, 1.807) is 22.8 Å². The highest BCUT2D eigenvalue weighted by atomic mass is 16.2. The Bertz CT molecular complexity index is 1010. The van der Waals surface area contributed by atoms with E-state index in [0.717, 1.165) is 22.5 Å². The van der Waals surface area contributed by atoms with Gasteiger partial charge in [0, 0.05) is 43.4 Å². The van der Waals surface area contributed by atoms with E-state index in [0.29, 0.717) is 25.8 Å². The van der Waals surface area contributed by atoms with Crippen LogP contribution >= 0.6 is 0 Å². The first-order valence-corrected chi connectivity index (χ1v) is 9.82. The Morgan fingerprint density at radius 2 is 1.93 bits per heavy atom. The summed E-state index contributed by atoms with van der Waals surface area (Å²) in [5.41, 5.74) is 3.96. The fourth-order valence-electron chi connectivity index (χ4n) is 3.66. The van der Waals surface area contributed by atoms with Crippen molar-refractivity contribution in [2.75, 3.05) is 12.4 Å². The van der Waals surface area contributed by atoms with E-state index in [4.69, 9.17) is 0 Å². The minimum atomic E-state index is -0.164. The molecular formula is C23H24N4O2. The van der Waals surface area contributed by atoms with Gasteiger partial charge in [0.25, 0.3) is 0 Å². The molecule has 4 rings (SSSR count). The second-order valence-corrected chi connectivity index (χ2v) is 7.46. The van der Waals surface area contributed by atoms with Crippen LogP contribution in [-0.2, 0) is 22.6 Å². The summed E-state index contributed by atoms with van der Waals surface area (Å²) in [6.07, 6.45) is 5.30. The predicted molar refractivity (Wildman–Crippen MR) is 112 cm³/mol. The van der Waals surface area contributed by atoms with Gasteiger partial charge in [-0.3, -0.25) is 9.59 Å². The van der Waals surface area contributed by atoms with Crippen molar-refractivity contribution in [1.29, 1.82) is 0 Å². The lowest BCUT2D eigenvalue weighted by molar-refractivity contribution is -0.131. The summed E-state index contributed by atoms with van der Waals surface area (Å²) >= 11 is 0. The molecule has 0 spiro atoms. The second-order valence-electron chi connectivity index (χ2n) is 7.46. The molecule has 29 heavy (non-hydrogen) atoms. The third-order valence-electron chi connectivity index (χ3n) is 5.32. The van der Waals surface area contributed by atoms with Crippen LogP contribution in [0.15, 0.2) is 67.0 Å². The molecule has 1 N–H and O–H groups in total. The molecular weight excluding hydrogens is 364 g/mol. The summed E-state index contributed by atoms with van der Waals surface area (Å²) in [5, 5.41) is 7.32. The number of carbonyl (C=O) groups is 2. The topological polar surface area (TPSA) is 67.2 Å². The number of anilines is 1. The highest BCUT2D eigenvalue weighted by Gasteiger charge is 2.26. The van der Waals surface area contributed by atoms with Gasteiger partial charge in [-0.1, -0.05) is 36.4 Å². The molecule has 1 aromatic heterocycles. The minimum absolute atomic E-state index is 0.00305. The molecule has 1 atom stereocenters. The summed E-state index contributed by atoms with van der Waals surface area (Å²) in [7, 11) is 1.79. The molecule has 1 aliphatic rings. The molecule has 2 heterocycles. The first-order chi connectivity index (χ1) is 14.1. The van der Waals surface area contributed by atoms with Crippen LogP contribution in [0.5, 0.6) is 0 Å². The Balaban J connectivity index is 1.31. The van der Waals surface area contributed by atoms with E-state index in [9.17, 15) is 9.59 Å². The predicted octanol–water partition coefficient (Wildman–Crippen LogP) is 3.42. The lowest BCUT2D eigenvalue weighted by Gasteiger charge is -2.25. The molecule has 2 amide bonds. The van der Waals surface area contributed by atoms with E-state index >= 15 is 0 Å². The van der Waals surface area contributed by atoms with Crippen LogP contribution in [0.1, 0.15) is 24.0 Å². The van der Waals surface area contributed by atoms with Crippen LogP contribution in [0.2, 0.25) is 0 Å². The average molecular weight is 388 g/mol. The van der Waals surface area contributed by atoms with Crippen LogP contribution in [0.3, 0.4) is 0 Å². The van der Waals surface area contributed by atoms with E-state index in [1.165, 1.54) is 0 Å². The average Bonchev–Trinajstić information content (AvgIpc) is 3.21. The Morgan fingerprint density at radius 3 is 2.76 bits per heavy atom. The number of amides is 2. The van der Waals surface area contributed by atoms with E-state index in [2.05, 4.69) is 10.4 Å². The Hall–Kier alpha value is -3.41. The zero-order valence-corrected chi connectivity index (χ0v) is 16.4. The van der Waals surface area contributed by atoms with E-state index in [-0.39, 0.29) is 17.7 Å². The Kier molecular flexibility index (Phi) is 5.42. The SMILES string of the molecule is CN(Cc1cnn(-c2ccccc2)c1)C(=O)CC[C@@H]1Cc2ccccc2NC1=O. The lowest BCUT2D eigenvalue weighted by atomic mass is 9.89. The van der Waals surface area contributed by atoms with Gasteiger partial charge in [0.15, 0.2) is 0 Å². The maximum absolute atomic E-state index is 12.6. The van der Waals surface area contributed by atoms with Crippen molar-refractivity contribution in [3.05, 3.63) is 78.1 Å². The van der Waals surface area contributed by atoms with Gasteiger partial charge in [-0.25, -0.2) is 4.68 Å². The molecule has 6 nitrogen and oxygen atoms in total. The van der Waals surface area contributed by atoms with Crippen LogP contribution in [0.25, 0.3) is 5.69 Å². The minimum Gasteiger partial charge on any atom is -0.341 e. The van der Waals surface area contributed by atoms with Crippen LogP contribution < -0.4 is 5.32 Å². The molecule has 0 unspecified atom stereocenters. The molecule has 148 valence electrons. The number of nitrogens with zero attached hydrogens (tertiary/aromatic N) is 3. The maximum Gasteiger partial charge on any atom is 0.227 e. The first kappa shape index (κ1) is 18.9. The highest BCUT2D eigenvalue weighted by molar-refractivity contribution is 5.96. The van der Waals surface area contributed by atoms with Gasteiger partial charge in [0.1, 0.15) is 0 Å². The smallest absolute Gasteiger partial charge is 0.227 e. The number of hydrogen-bond acceptors (Lipinski definition) is 3. The number of fused-ring (bicyclic) bond motifs is 1. The maximum atomic E-state index is 12.6. The third-order valence-corrected chi connectivity index (χ3v) is 5.32. The van der Waals surface area contributed by atoms with Gasteiger partial charge in [-0.2, -0.15) is 5.10 Å². The van der Waals surface area contributed by atoms with Gasteiger partial charge in [0.2, 0.25) is 11.8 Å². The van der Waals surface area contributed by atoms with Crippen molar-refractivity contribution in [3.8, 4) is 5.69 Å². The van der Waals surface area contributed by atoms with Gasteiger partial charge in [-0.05, 0) is 36.6 Å². The number of carbonyl (C=O) groups excluding carboxylic acids is 2. The number of para-hydroxylation sites is 2. The second kappa shape index (κ2) is 8.31. The number of benzene rings is 2. The zero-order valence-electron chi connectivity index (χ0n) is 16.4. The van der Waals surface area contributed by atoms with Gasteiger partial charge in [0.05, 0.1) is 11.9 Å². The van der Waals surface area contributed by atoms with Gasteiger partial charge >= 0.3 is 0 Å². The van der Waals surface area contributed by atoms with Crippen molar-refractivity contribution >= 4 is 17.5 Å². The molecule has 0 fully saturated rings. The summed E-state index contributed by atoms with van der Waals surface area (Å²) in [4.78, 5) is 26.6. The Morgan fingerprint density at radius 1 is 1.17 bits per heavy atom. The molecule has 3 aromatic rings. The summed E-state index contributed by atoms with van der Waals surface area (Å²) < 4.78 is 1.80. The van der Waals surface area contributed by atoms with Crippen molar-refractivity contribution < 1.29 is 9.59 Å². The van der Waals surface area contributed by atoms with Gasteiger partial charge < -0.3 is 10.2 Å². The Labute approximate surface area is 170 Å². The molecule has 0 bridgehead atoms. The number of aromatic nitrogens is 2. The normalized spacial score (nSPS) is 15.5. The first-order valence-electron chi connectivity index (χ1n) is 9.82. The van der Waals surface area contributed by atoms with Crippen molar-refractivity contribution in [2.24, 2.45) is 5.92 Å². The van der Waals surface area contributed by atoms with Crippen molar-refractivity contribution in [2.45, 2.75) is 25.8 Å². The van der Waals surface area contributed by atoms with Crippen LogP contribution in [0, 0.1) is 5.92 Å². The fourth-order valence-corrected chi connectivity index (χ4v) is 3.66. The number of rotatable bonds is 6. The van der Waals surface area contributed by atoms with Crippen LogP contribution in [-0.4, -0.2) is 33.5 Å². The molecule has 0 radical (unpaired) electrons. The monoisotopic (exact) mass is 388 g/mol. The van der Waals surface area contributed by atoms with Crippen molar-refractivity contribution in [3.63, 3.8) is 0 Å². The molecule has 0 aliphatic carbocycles. The van der Waals surface area contributed by atoms with E-state index < -0.39 is 0 Å². The lowest BCUT2D eigenvalue weighted by Crippen LogP contribution is -2.32. The largest absolute Gasteiger partial charge is 0.341 e. The zero-order chi connectivity index (χ0) is 20.2. The molecule has 0 saturated carbocycles. The van der Waals surface area contributed by atoms with E-state index in [1.807, 2.05) is 60.8 Å². The summed E-state index contributed by atoms with van der Waals surface area (Å²) in [6, 6.07) is 17.7. The third kappa shape index (κ3) is 4.37. The standard InChI is InChI=1S/C23H24N4O2/c1-26(15-17-14-24-27(16-17)20-8-3-2-4-9-20)22(28)12-11-19-13-18-7-5-6-10-21(18)25-23(19)29/h2-10,14,16,19H,11-13,15H2,1H3,(H,25,29)/t19-/m1/s1. The van der Waals surface area contributed by atoms with Gasteiger partial charge in [-0.15, -0.1) is 0 Å². The molecule has 0 saturated heterocycles. The number of hydrogen-bond donors (Lipinski definition) is 1. The molecule has 2 aromatic carbocycles. The molecule has 1 aliphatic heterocycles. The fraction of sp³-hybridized carbons (Fsp3) is 0.261. The van der Waals surface area contributed by atoms with Crippen molar-refractivity contribution in [1.82, 2.24) is 14.7 Å². The molecule has 6 heteroatoms. The quantitative estimate of drug-likeness (QED) is 0.704. The van der Waals surface area contributed by atoms with Crippen LogP contribution in [0.4, 0.5) is 5.69 Å². The highest BCUT2D eigenvalue weighted by Crippen LogP contribution is 2.27. The summed E-state index contributed by atoms with van der Waals surface area (Å²) in [6.45, 7) is 0.491. The summed E-state index contributed by atoms with van der Waals surface area (Å²) in [5.74, 6) is -0.129.